The van der Waals surface area contributed by atoms with Gasteiger partial charge in [-0.3, -0.25) is 9.69 Å². The number of benzene rings is 1. The minimum absolute atomic E-state index is 0.182. The van der Waals surface area contributed by atoms with Gasteiger partial charge in [-0.15, -0.1) is 0 Å². The average molecular weight is 346 g/mol. The first-order valence-corrected chi connectivity index (χ1v) is 9.49. The summed E-state index contributed by atoms with van der Waals surface area (Å²) in [6, 6.07) is 8.57. The third-order valence-corrected chi connectivity index (χ3v) is 5.21. The topological polar surface area (TPSA) is 50.8 Å². The first kappa shape index (κ1) is 18.2. The van der Waals surface area contributed by atoms with E-state index in [-0.39, 0.29) is 5.91 Å². The maximum absolute atomic E-state index is 12.1. The van der Waals surface area contributed by atoms with Crippen molar-refractivity contribution in [3.8, 4) is 5.75 Å². The Kier molecular flexibility index (Phi) is 6.70. The molecule has 2 aliphatic heterocycles. The van der Waals surface area contributed by atoms with Crippen LogP contribution in [0.2, 0.25) is 0 Å². The van der Waals surface area contributed by atoms with Gasteiger partial charge in [0.05, 0.1) is 13.2 Å². The van der Waals surface area contributed by atoms with Crippen LogP contribution in [-0.4, -0.2) is 49.8 Å². The zero-order valence-corrected chi connectivity index (χ0v) is 15.2. The number of hydrogen-bond acceptors (Lipinski definition) is 4. The Labute approximate surface area is 150 Å². The molecule has 0 aromatic heterocycles. The zero-order valence-electron chi connectivity index (χ0n) is 15.2. The van der Waals surface area contributed by atoms with Crippen LogP contribution in [0, 0.1) is 0 Å². The Morgan fingerprint density at radius 3 is 2.88 bits per heavy atom. The molecule has 0 radical (unpaired) electrons. The number of amides is 1. The van der Waals surface area contributed by atoms with E-state index in [1.807, 2.05) is 12.1 Å². The standard InChI is InChI=1S/C20H30N2O3/c1-24-19-5-2-4-16(14-19)15-22-11-9-17(10-12-22)21-20(23)8-7-18-6-3-13-25-18/h2,4-5,14,17-18H,3,6-13,15H2,1H3,(H,21,23). The van der Waals surface area contributed by atoms with Crippen LogP contribution in [0.3, 0.4) is 0 Å². The molecule has 0 aliphatic carbocycles. The normalized spacial score (nSPS) is 22.0. The van der Waals surface area contributed by atoms with Crippen LogP contribution >= 0.6 is 0 Å². The van der Waals surface area contributed by atoms with Gasteiger partial charge in [0.15, 0.2) is 0 Å². The molecule has 138 valence electrons. The van der Waals surface area contributed by atoms with E-state index in [1.54, 1.807) is 7.11 Å². The van der Waals surface area contributed by atoms with E-state index < -0.39 is 0 Å². The summed E-state index contributed by atoms with van der Waals surface area (Å²) >= 11 is 0. The van der Waals surface area contributed by atoms with Crippen LogP contribution in [0.4, 0.5) is 0 Å². The molecular formula is C20H30N2O3. The van der Waals surface area contributed by atoms with E-state index in [0.717, 1.165) is 64.1 Å². The van der Waals surface area contributed by atoms with Gasteiger partial charge >= 0.3 is 0 Å². The summed E-state index contributed by atoms with van der Waals surface area (Å²) in [5.41, 5.74) is 1.28. The molecule has 2 fully saturated rings. The van der Waals surface area contributed by atoms with Crippen molar-refractivity contribution in [2.75, 3.05) is 26.8 Å². The highest BCUT2D eigenvalue weighted by Gasteiger charge is 2.22. The largest absolute Gasteiger partial charge is 0.497 e. The van der Waals surface area contributed by atoms with E-state index in [1.165, 1.54) is 5.56 Å². The van der Waals surface area contributed by atoms with Crippen molar-refractivity contribution in [3.05, 3.63) is 29.8 Å². The lowest BCUT2D eigenvalue weighted by atomic mass is 10.0. The molecule has 1 aromatic carbocycles. The number of carbonyl (C=O) groups is 1. The van der Waals surface area contributed by atoms with Crippen molar-refractivity contribution < 1.29 is 14.3 Å². The number of carbonyl (C=O) groups excluding carboxylic acids is 1. The van der Waals surface area contributed by atoms with Gasteiger partial charge in [0.25, 0.3) is 0 Å². The molecule has 0 saturated carbocycles. The minimum atomic E-state index is 0.182. The monoisotopic (exact) mass is 346 g/mol. The molecule has 2 heterocycles. The minimum Gasteiger partial charge on any atom is -0.497 e. The molecule has 25 heavy (non-hydrogen) atoms. The highest BCUT2D eigenvalue weighted by molar-refractivity contribution is 5.76. The smallest absolute Gasteiger partial charge is 0.220 e. The van der Waals surface area contributed by atoms with E-state index in [4.69, 9.17) is 9.47 Å². The first-order chi connectivity index (χ1) is 12.2. The number of methoxy groups -OCH3 is 1. The van der Waals surface area contributed by atoms with Crippen molar-refractivity contribution >= 4 is 5.91 Å². The summed E-state index contributed by atoms with van der Waals surface area (Å²) in [6.07, 6.45) is 6.05. The van der Waals surface area contributed by atoms with Crippen LogP contribution in [0.15, 0.2) is 24.3 Å². The number of hydrogen-bond donors (Lipinski definition) is 1. The fraction of sp³-hybridized carbons (Fsp3) is 0.650. The summed E-state index contributed by atoms with van der Waals surface area (Å²) in [5, 5.41) is 3.20. The van der Waals surface area contributed by atoms with Crippen molar-refractivity contribution in [3.63, 3.8) is 0 Å². The molecule has 2 saturated heterocycles. The van der Waals surface area contributed by atoms with Gasteiger partial charge in [-0.1, -0.05) is 12.1 Å². The van der Waals surface area contributed by atoms with E-state index >= 15 is 0 Å². The summed E-state index contributed by atoms with van der Waals surface area (Å²) in [5.74, 6) is 1.09. The molecule has 5 heteroatoms. The lowest BCUT2D eigenvalue weighted by Crippen LogP contribution is -2.44. The Morgan fingerprint density at radius 2 is 2.16 bits per heavy atom. The van der Waals surface area contributed by atoms with Gasteiger partial charge in [0, 0.05) is 38.7 Å². The molecule has 3 rings (SSSR count). The van der Waals surface area contributed by atoms with Gasteiger partial charge in [-0.05, 0) is 49.8 Å². The Bertz CT molecular complexity index is 550. The Morgan fingerprint density at radius 1 is 1.32 bits per heavy atom. The fourth-order valence-corrected chi connectivity index (χ4v) is 3.73. The second-order valence-corrected chi connectivity index (χ2v) is 7.14. The highest BCUT2D eigenvalue weighted by Crippen LogP contribution is 2.19. The molecule has 1 N–H and O–H groups in total. The van der Waals surface area contributed by atoms with Crippen molar-refractivity contribution in [1.29, 1.82) is 0 Å². The maximum atomic E-state index is 12.1. The molecule has 1 amide bonds. The molecule has 1 atom stereocenters. The van der Waals surface area contributed by atoms with Gasteiger partial charge < -0.3 is 14.8 Å². The van der Waals surface area contributed by atoms with Crippen LogP contribution < -0.4 is 10.1 Å². The molecule has 5 nitrogen and oxygen atoms in total. The van der Waals surface area contributed by atoms with Crippen molar-refractivity contribution in [2.24, 2.45) is 0 Å². The van der Waals surface area contributed by atoms with Gasteiger partial charge in [0.1, 0.15) is 5.75 Å². The lowest BCUT2D eigenvalue weighted by Gasteiger charge is -2.32. The molecule has 0 spiro atoms. The number of ether oxygens (including phenoxy) is 2. The van der Waals surface area contributed by atoms with E-state index in [9.17, 15) is 4.79 Å². The number of piperidine rings is 1. The maximum Gasteiger partial charge on any atom is 0.220 e. The van der Waals surface area contributed by atoms with Crippen LogP contribution in [0.5, 0.6) is 5.75 Å². The second-order valence-electron chi connectivity index (χ2n) is 7.14. The predicted octanol–water partition coefficient (Wildman–Crippen LogP) is 2.74. The van der Waals surface area contributed by atoms with Gasteiger partial charge in [0.2, 0.25) is 5.91 Å². The second kappa shape index (κ2) is 9.20. The third-order valence-electron chi connectivity index (χ3n) is 5.21. The van der Waals surface area contributed by atoms with Gasteiger partial charge in [-0.2, -0.15) is 0 Å². The van der Waals surface area contributed by atoms with E-state index in [2.05, 4.69) is 22.3 Å². The molecular weight excluding hydrogens is 316 g/mol. The summed E-state index contributed by atoms with van der Waals surface area (Å²) in [7, 11) is 1.70. The predicted molar refractivity (Wildman–Crippen MR) is 97.6 cm³/mol. The van der Waals surface area contributed by atoms with Crippen LogP contribution in [0.1, 0.15) is 44.1 Å². The first-order valence-electron chi connectivity index (χ1n) is 9.49. The quantitative estimate of drug-likeness (QED) is 0.825. The van der Waals surface area contributed by atoms with Gasteiger partial charge in [-0.25, -0.2) is 0 Å². The van der Waals surface area contributed by atoms with Crippen molar-refractivity contribution in [1.82, 2.24) is 10.2 Å². The van der Waals surface area contributed by atoms with E-state index in [0.29, 0.717) is 18.6 Å². The number of likely N-dealkylation sites (tertiary alicyclic amines) is 1. The van der Waals surface area contributed by atoms with Crippen molar-refractivity contribution in [2.45, 2.75) is 57.2 Å². The Balaban J connectivity index is 1.35. The number of rotatable bonds is 7. The number of nitrogens with one attached hydrogen (secondary N) is 1. The average Bonchev–Trinajstić information content (AvgIpc) is 3.15. The summed E-state index contributed by atoms with van der Waals surface area (Å²) in [6.45, 7) is 3.84. The third kappa shape index (κ3) is 5.72. The summed E-state index contributed by atoms with van der Waals surface area (Å²) < 4.78 is 10.9. The molecule has 2 aliphatic rings. The molecule has 0 bridgehead atoms. The van der Waals surface area contributed by atoms with Crippen LogP contribution in [0.25, 0.3) is 0 Å². The SMILES string of the molecule is COc1cccc(CN2CCC(NC(=O)CCC3CCCO3)CC2)c1. The molecule has 1 unspecified atom stereocenters. The fourth-order valence-electron chi connectivity index (χ4n) is 3.73. The number of nitrogens with zero attached hydrogens (tertiary/aromatic N) is 1. The van der Waals surface area contributed by atoms with Crippen LogP contribution in [-0.2, 0) is 16.1 Å². The molecule has 1 aromatic rings. The highest BCUT2D eigenvalue weighted by atomic mass is 16.5. The summed E-state index contributed by atoms with van der Waals surface area (Å²) in [4.78, 5) is 14.6. The zero-order chi connectivity index (χ0) is 17.5. The Hall–Kier alpha value is -1.59. The lowest BCUT2D eigenvalue weighted by molar-refractivity contribution is -0.122.